The summed E-state index contributed by atoms with van der Waals surface area (Å²) in [4.78, 5) is 41.9. The van der Waals surface area contributed by atoms with Gasteiger partial charge in [0.25, 0.3) is 5.91 Å². The van der Waals surface area contributed by atoms with Gasteiger partial charge in [-0.05, 0) is 31.0 Å². The quantitative estimate of drug-likeness (QED) is 0.760. The maximum Gasteiger partial charge on any atom is 0.251 e. The van der Waals surface area contributed by atoms with Gasteiger partial charge < -0.3 is 10.6 Å². The van der Waals surface area contributed by atoms with Gasteiger partial charge in [-0.25, -0.2) is 4.98 Å². The number of amides is 3. The van der Waals surface area contributed by atoms with Crippen LogP contribution in [0.25, 0.3) is 0 Å². The number of hydrogen-bond acceptors (Lipinski definition) is 5. The van der Waals surface area contributed by atoms with E-state index in [9.17, 15) is 14.4 Å². The summed E-state index contributed by atoms with van der Waals surface area (Å²) in [6.45, 7) is 3.47. The van der Waals surface area contributed by atoms with Gasteiger partial charge in [0.05, 0.1) is 12.1 Å². The molecule has 1 aromatic carbocycles. The zero-order valence-electron chi connectivity index (χ0n) is 15.2. The Hall–Kier alpha value is -2.74. The Balaban J connectivity index is 1.53. The van der Waals surface area contributed by atoms with Crippen LogP contribution in [0.3, 0.4) is 0 Å². The lowest BCUT2D eigenvalue weighted by Gasteiger charge is -2.10. The molecule has 0 bridgehead atoms. The maximum atomic E-state index is 12.2. The van der Waals surface area contributed by atoms with Crippen LogP contribution in [0.5, 0.6) is 0 Å². The fourth-order valence-electron chi connectivity index (χ4n) is 2.86. The van der Waals surface area contributed by atoms with E-state index >= 15 is 0 Å². The van der Waals surface area contributed by atoms with Crippen molar-refractivity contribution in [3.63, 3.8) is 0 Å². The highest BCUT2D eigenvalue weighted by atomic mass is 32.1. The van der Waals surface area contributed by atoms with Crippen LogP contribution in [-0.4, -0.2) is 35.8 Å². The van der Waals surface area contributed by atoms with Crippen LogP contribution in [0.1, 0.15) is 41.4 Å². The molecule has 1 saturated heterocycles. The number of anilines is 1. The lowest BCUT2D eigenvalue weighted by molar-refractivity contribution is -0.120. The molecule has 0 aliphatic carbocycles. The fourth-order valence-corrected chi connectivity index (χ4v) is 3.73. The van der Waals surface area contributed by atoms with Crippen LogP contribution in [-0.2, 0) is 22.6 Å². The molecule has 2 aromatic rings. The summed E-state index contributed by atoms with van der Waals surface area (Å²) >= 11 is 1.39. The molecule has 1 aliphatic heterocycles. The highest BCUT2D eigenvalue weighted by molar-refractivity contribution is 7.14. The molecular weight excluding hydrogens is 364 g/mol. The topological polar surface area (TPSA) is 91.4 Å². The third-order valence-electron chi connectivity index (χ3n) is 4.20. The minimum Gasteiger partial charge on any atom is -0.352 e. The van der Waals surface area contributed by atoms with Crippen molar-refractivity contribution in [1.82, 2.24) is 15.6 Å². The molecule has 2 N–H and O–H groups in total. The van der Waals surface area contributed by atoms with Gasteiger partial charge in [-0.2, -0.15) is 0 Å². The van der Waals surface area contributed by atoms with Crippen molar-refractivity contribution < 1.29 is 14.4 Å². The number of aromatic nitrogens is 1. The first kappa shape index (κ1) is 19.0. The van der Waals surface area contributed by atoms with E-state index in [4.69, 9.17) is 0 Å². The van der Waals surface area contributed by atoms with E-state index in [1.54, 1.807) is 23.1 Å². The van der Waals surface area contributed by atoms with E-state index in [2.05, 4.69) is 15.6 Å². The number of rotatable bonds is 7. The molecule has 7 nitrogen and oxygen atoms in total. The molecule has 1 aliphatic rings. The largest absolute Gasteiger partial charge is 0.352 e. The Morgan fingerprint density at radius 1 is 1.30 bits per heavy atom. The molecule has 0 spiro atoms. The summed E-state index contributed by atoms with van der Waals surface area (Å²) in [5.41, 5.74) is 2.08. The number of nitrogens with one attached hydrogen (secondary N) is 2. The van der Waals surface area contributed by atoms with Gasteiger partial charge >= 0.3 is 0 Å². The zero-order valence-corrected chi connectivity index (χ0v) is 16.0. The molecule has 1 fully saturated rings. The van der Waals surface area contributed by atoms with Crippen LogP contribution in [0.4, 0.5) is 5.13 Å². The molecule has 1 aromatic heterocycles. The molecule has 0 unspecified atom stereocenters. The van der Waals surface area contributed by atoms with Crippen LogP contribution in [0, 0.1) is 0 Å². The van der Waals surface area contributed by atoms with Crippen LogP contribution >= 0.6 is 11.3 Å². The second-order valence-electron chi connectivity index (χ2n) is 6.28. The third kappa shape index (κ3) is 4.91. The fraction of sp³-hybridized carbons (Fsp3) is 0.368. The van der Waals surface area contributed by atoms with Crippen LogP contribution < -0.4 is 15.5 Å². The van der Waals surface area contributed by atoms with Crippen molar-refractivity contribution in [1.29, 1.82) is 0 Å². The summed E-state index contributed by atoms with van der Waals surface area (Å²) < 4.78 is 0. The molecule has 2 heterocycles. The van der Waals surface area contributed by atoms with Crippen molar-refractivity contribution in [3.8, 4) is 0 Å². The summed E-state index contributed by atoms with van der Waals surface area (Å²) in [6.07, 6.45) is 1.57. The SMILES string of the molecule is CCNC(=O)c1cccc(CNC(=O)Cc2csc(N3CCCC3=O)n2)c1. The molecule has 0 atom stereocenters. The Kier molecular flexibility index (Phi) is 6.18. The van der Waals surface area contributed by atoms with Crippen molar-refractivity contribution in [2.45, 2.75) is 32.7 Å². The molecular formula is C19H22N4O3S. The van der Waals surface area contributed by atoms with Crippen LogP contribution in [0.15, 0.2) is 29.6 Å². The highest BCUT2D eigenvalue weighted by Gasteiger charge is 2.24. The highest BCUT2D eigenvalue weighted by Crippen LogP contribution is 2.25. The van der Waals surface area contributed by atoms with Crippen molar-refractivity contribution in [2.75, 3.05) is 18.0 Å². The monoisotopic (exact) mass is 386 g/mol. The predicted molar refractivity (Wildman–Crippen MR) is 104 cm³/mol. The number of nitrogens with zero attached hydrogens (tertiary/aromatic N) is 2. The van der Waals surface area contributed by atoms with Gasteiger partial charge in [0.15, 0.2) is 5.13 Å². The van der Waals surface area contributed by atoms with Gasteiger partial charge in [-0.15, -0.1) is 11.3 Å². The van der Waals surface area contributed by atoms with E-state index in [1.807, 2.05) is 18.4 Å². The second kappa shape index (κ2) is 8.77. The summed E-state index contributed by atoms with van der Waals surface area (Å²) in [5, 5.41) is 8.08. The smallest absolute Gasteiger partial charge is 0.251 e. The molecule has 0 radical (unpaired) electrons. The van der Waals surface area contributed by atoms with E-state index < -0.39 is 0 Å². The summed E-state index contributed by atoms with van der Waals surface area (Å²) in [5.74, 6) is -0.188. The van der Waals surface area contributed by atoms with Crippen LogP contribution in [0.2, 0.25) is 0 Å². The summed E-state index contributed by atoms with van der Waals surface area (Å²) in [6, 6.07) is 7.17. The van der Waals surface area contributed by atoms with Gasteiger partial charge in [-0.1, -0.05) is 12.1 Å². The number of carbonyl (C=O) groups is 3. The van der Waals surface area contributed by atoms with E-state index in [0.29, 0.717) is 42.4 Å². The first-order valence-electron chi connectivity index (χ1n) is 8.95. The normalized spacial score (nSPS) is 13.7. The van der Waals surface area contributed by atoms with Gasteiger partial charge in [0.1, 0.15) is 0 Å². The Bertz CT molecular complexity index is 849. The average molecular weight is 386 g/mol. The maximum absolute atomic E-state index is 12.2. The first-order valence-corrected chi connectivity index (χ1v) is 9.83. The minimum absolute atomic E-state index is 0.0901. The number of carbonyl (C=O) groups excluding carboxylic acids is 3. The third-order valence-corrected chi connectivity index (χ3v) is 5.11. The van der Waals surface area contributed by atoms with Crippen molar-refractivity contribution >= 4 is 34.2 Å². The van der Waals surface area contributed by atoms with Crippen molar-refractivity contribution in [2.24, 2.45) is 0 Å². The molecule has 142 valence electrons. The first-order chi connectivity index (χ1) is 13.1. The number of thiazole rings is 1. The molecule has 8 heteroatoms. The standard InChI is InChI=1S/C19H22N4O3S/c1-2-20-18(26)14-6-3-5-13(9-14)11-21-16(24)10-15-12-27-19(22-15)23-8-4-7-17(23)25/h3,5-6,9,12H,2,4,7-8,10-11H2,1H3,(H,20,26)(H,21,24). The summed E-state index contributed by atoms with van der Waals surface area (Å²) in [7, 11) is 0. The molecule has 0 saturated carbocycles. The Labute approximate surface area is 161 Å². The van der Waals surface area contributed by atoms with Gasteiger partial charge in [0, 0.05) is 37.0 Å². The average Bonchev–Trinajstić information content (AvgIpc) is 3.29. The molecule has 3 amide bonds. The van der Waals surface area contributed by atoms with E-state index in [1.165, 1.54) is 11.3 Å². The zero-order chi connectivity index (χ0) is 19.2. The van der Waals surface area contributed by atoms with Crippen molar-refractivity contribution in [3.05, 3.63) is 46.5 Å². The predicted octanol–water partition coefficient (Wildman–Crippen LogP) is 1.88. The molecule has 3 rings (SSSR count). The van der Waals surface area contributed by atoms with E-state index in [0.717, 1.165) is 12.0 Å². The number of hydrogen-bond donors (Lipinski definition) is 2. The Morgan fingerprint density at radius 3 is 2.89 bits per heavy atom. The second-order valence-corrected chi connectivity index (χ2v) is 7.12. The lowest BCUT2D eigenvalue weighted by Crippen LogP contribution is -2.26. The lowest BCUT2D eigenvalue weighted by atomic mass is 10.1. The minimum atomic E-state index is -0.150. The van der Waals surface area contributed by atoms with E-state index in [-0.39, 0.29) is 24.1 Å². The number of benzene rings is 1. The van der Waals surface area contributed by atoms with Gasteiger partial charge in [0.2, 0.25) is 11.8 Å². The van der Waals surface area contributed by atoms with Gasteiger partial charge in [-0.3, -0.25) is 19.3 Å². The Morgan fingerprint density at radius 2 is 2.15 bits per heavy atom. The molecule has 27 heavy (non-hydrogen) atoms.